The molecule has 4 rings (SSSR count). The summed E-state index contributed by atoms with van der Waals surface area (Å²) in [6, 6.07) is 9.67. The molecule has 2 aromatic heterocycles. The fourth-order valence-electron chi connectivity index (χ4n) is 3.94. The molecule has 3 heterocycles. The van der Waals surface area contributed by atoms with Crippen LogP contribution in [0.5, 0.6) is 0 Å². The standard InChI is InChI=1S/C22H27N5O/c1-25(2)13-14-26-12-10-24-21(26)19-6-4-11-27(16-19)22(28)18-7-8-20-17(15-18)5-3-9-23-20/h3,5,7-10,12,15,19H,4,6,11,13-14,16H2,1-2H3/t19-/m0/s1. The number of likely N-dealkylation sites (tertiary alicyclic amines) is 1. The first kappa shape index (κ1) is 18.6. The molecule has 0 aliphatic carbocycles. The molecule has 0 saturated carbocycles. The zero-order valence-corrected chi connectivity index (χ0v) is 16.6. The van der Waals surface area contributed by atoms with E-state index in [0.29, 0.717) is 0 Å². The summed E-state index contributed by atoms with van der Waals surface area (Å²) >= 11 is 0. The Hall–Kier alpha value is -2.73. The highest BCUT2D eigenvalue weighted by Gasteiger charge is 2.28. The van der Waals surface area contributed by atoms with Crippen LogP contribution in [0.3, 0.4) is 0 Å². The van der Waals surface area contributed by atoms with E-state index in [9.17, 15) is 4.79 Å². The van der Waals surface area contributed by atoms with E-state index in [4.69, 9.17) is 0 Å². The summed E-state index contributed by atoms with van der Waals surface area (Å²) < 4.78 is 2.24. The number of fused-ring (bicyclic) bond motifs is 1. The maximum Gasteiger partial charge on any atom is 0.253 e. The van der Waals surface area contributed by atoms with Gasteiger partial charge in [0.15, 0.2) is 0 Å². The highest BCUT2D eigenvalue weighted by molar-refractivity contribution is 5.98. The van der Waals surface area contributed by atoms with Crippen molar-refractivity contribution in [2.75, 3.05) is 33.7 Å². The lowest BCUT2D eigenvalue weighted by molar-refractivity contribution is 0.0703. The number of hydrogen-bond acceptors (Lipinski definition) is 4. The molecule has 0 radical (unpaired) electrons. The number of pyridine rings is 1. The molecule has 6 heteroatoms. The van der Waals surface area contributed by atoms with Gasteiger partial charge in [0, 0.05) is 61.6 Å². The summed E-state index contributed by atoms with van der Waals surface area (Å²) in [4.78, 5) is 26.3. The van der Waals surface area contributed by atoms with E-state index >= 15 is 0 Å². The van der Waals surface area contributed by atoms with Crippen molar-refractivity contribution >= 4 is 16.8 Å². The van der Waals surface area contributed by atoms with Crippen LogP contribution >= 0.6 is 0 Å². The fourth-order valence-corrected chi connectivity index (χ4v) is 3.94. The Morgan fingerprint density at radius 2 is 2.11 bits per heavy atom. The zero-order chi connectivity index (χ0) is 19.5. The summed E-state index contributed by atoms with van der Waals surface area (Å²) in [7, 11) is 4.16. The van der Waals surface area contributed by atoms with Gasteiger partial charge in [-0.05, 0) is 51.2 Å². The molecular weight excluding hydrogens is 350 g/mol. The van der Waals surface area contributed by atoms with Crippen LogP contribution in [0.15, 0.2) is 48.9 Å². The number of amides is 1. The number of benzene rings is 1. The van der Waals surface area contributed by atoms with E-state index in [1.165, 1.54) is 0 Å². The predicted molar refractivity (Wildman–Crippen MR) is 110 cm³/mol. The molecular formula is C22H27N5O. The SMILES string of the molecule is CN(C)CCn1ccnc1[C@H]1CCCN(C(=O)c2ccc3ncccc3c2)C1. The van der Waals surface area contributed by atoms with Crippen LogP contribution in [-0.2, 0) is 6.54 Å². The largest absolute Gasteiger partial charge is 0.338 e. The third-order valence-corrected chi connectivity index (χ3v) is 5.46. The van der Waals surface area contributed by atoms with Crippen LogP contribution in [0.4, 0.5) is 0 Å². The van der Waals surface area contributed by atoms with Gasteiger partial charge in [-0.15, -0.1) is 0 Å². The lowest BCUT2D eigenvalue weighted by Crippen LogP contribution is -2.39. The molecule has 6 nitrogen and oxygen atoms in total. The molecule has 1 atom stereocenters. The Labute approximate surface area is 165 Å². The molecule has 0 N–H and O–H groups in total. The molecule has 0 unspecified atom stereocenters. The second-order valence-corrected chi connectivity index (χ2v) is 7.78. The van der Waals surface area contributed by atoms with Gasteiger partial charge in [0.05, 0.1) is 5.52 Å². The number of hydrogen-bond donors (Lipinski definition) is 0. The van der Waals surface area contributed by atoms with Crippen molar-refractivity contribution in [2.45, 2.75) is 25.3 Å². The smallest absolute Gasteiger partial charge is 0.253 e. The summed E-state index contributed by atoms with van der Waals surface area (Å²) in [5.74, 6) is 1.49. The first-order valence-electron chi connectivity index (χ1n) is 9.91. The Balaban J connectivity index is 1.50. The lowest BCUT2D eigenvalue weighted by Gasteiger charge is -2.33. The molecule has 28 heavy (non-hydrogen) atoms. The first-order chi connectivity index (χ1) is 13.6. The van der Waals surface area contributed by atoms with Crippen LogP contribution < -0.4 is 0 Å². The normalized spacial score (nSPS) is 17.4. The van der Waals surface area contributed by atoms with Crippen molar-refractivity contribution in [3.8, 4) is 0 Å². The van der Waals surface area contributed by atoms with E-state index < -0.39 is 0 Å². The number of rotatable bonds is 5. The van der Waals surface area contributed by atoms with Gasteiger partial charge in [0.25, 0.3) is 5.91 Å². The van der Waals surface area contributed by atoms with Gasteiger partial charge >= 0.3 is 0 Å². The number of likely N-dealkylation sites (N-methyl/N-ethyl adjacent to an activating group) is 1. The van der Waals surface area contributed by atoms with Crippen molar-refractivity contribution in [1.29, 1.82) is 0 Å². The van der Waals surface area contributed by atoms with E-state index in [-0.39, 0.29) is 11.8 Å². The topological polar surface area (TPSA) is 54.3 Å². The van der Waals surface area contributed by atoms with Crippen LogP contribution in [0, 0.1) is 0 Å². The van der Waals surface area contributed by atoms with Gasteiger partial charge in [0.1, 0.15) is 5.82 Å². The van der Waals surface area contributed by atoms with E-state index in [0.717, 1.165) is 61.3 Å². The highest BCUT2D eigenvalue weighted by Crippen LogP contribution is 2.27. The second kappa shape index (κ2) is 8.10. The van der Waals surface area contributed by atoms with Gasteiger partial charge in [-0.25, -0.2) is 4.98 Å². The van der Waals surface area contributed by atoms with Gasteiger partial charge in [-0.2, -0.15) is 0 Å². The van der Waals surface area contributed by atoms with Crippen molar-refractivity contribution in [3.05, 3.63) is 60.3 Å². The lowest BCUT2D eigenvalue weighted by atomic mass is 9.96. The van der Waals surface area contributed by atoms with Crippen LogP contribution in [0.2, 0.25) is 0 Å². The molecule has 1 amide bonds. The van der Waals surface area contributed by atoms with Gasteiger partial charge in [-0.1, -0.05) is 6.07 Å². The Morgan fingerprint density at radius 3 is 2.96 bits per heavy atom. The minimum absolute atomic E-state index is 0.0989. The number of carbonyl (C=O) groups excluding carboxylic acids is 1. The van der Waals surface area contributed by atoms with E-state index in [1.807, 2.05) is 41.4 Å². The number of nitrogens with zero attached hydrogens (tertiary/aromatic N) is 5. The zero-order valence-electron chi connectivity index (χ0n) is 16.6. The van der Waals surface area contributed by atoms with E-state index in [2.05, 4.69) is 39.7 Å². The van der Waals surface area contributed by atoms with Gasteiger partial charge in [-0.3, -0.25) is 9.78 Å². The van der Waals surface area contributed by atoms with Gasteiger partial charge in [0.2, 0.25) is 0 Å². The van der Waals surface area contributed by atoms with Crippen LogP contribution in [0.1, 0.15) is 34.9 Å². The van der Waals surface area contributed by atoms with Crippen molar-refractivity contribution in [2.24, 2.45) is 0 Å². The Bertz CT molecular complexity index is 964. The quantitative estimate of drug-likeness (QED) is 0.686. The number of imidazole rings is 1. The Kier molecular flexibility index (Phi) is 5.39. The van der Waals surface area contributed by atoms with Crippen molar-refractivity contribution in [3.63, 3.8) is 0 Å². The van der Waals surface area contributed by atoms with Crippen LogP contribution in [-0.4, -0.2) is 64.0 Å². The predicted octanol–water partition coefficient (Wildman–Crippen LogP) is 3.01. The van der Waals surface area contributed by atoms with Gasteiger partial charge < -0.3 is 14.4 Å². The average Bonchev–Trinajstić information content (AvgIpc) is 3.20. The molecule has 3 aromatic rings. The molecule has 0 bridgehead atoms. The number of carbonyl (C=O) groups is 1. The summed E-state index contributed by atoms with van der Waals surface area (Å²) in [5, 5.41) is 1.00. The van der Waals surface area contributed by atoms with Crippen molar-refractivity contribution in [1.82, 2.24) is 24.3 Å². The summed E-state index contributed by atoms with van der Waals surface area (Å²) in [5.41, 5.74) is 1.65. The average molecular weight is 377 g/mol. The maximum atomic E-state index is 13.1. The van der Waals surface area contributed by atoms with Crippen LogP contribution in [0.25, 0.3) is 10.9 Å². The fraction of sp³-hybridized carbons (Fsp3) is 0.409. The third-order valence-electron chi connectivity index (χ3n) is 5.46. The molecule has 1 saturated heterocycles. The minimum Gasteiger partial charge on any atom is -0.338 e. The third kappa shape index (κ3) is 3.92. The minimum atomic E-state index is 0.0989. The molecule has 1 fully saturated rings. The molecule has 1 aliphatic rings. The van der Waals surface area contributed by atoms with E-state index in [1.54, 1.807) is 6.20 Å². The molecule has 146 valence electrons. The first-order valence-corrected chi connectivity index (χ1v) is 9.91. The number of aromatic nitrogens is 3. The monoisotopic (exact) mass is 377 g/mol. The maximum absolute atomic E-state index is 13.1. The Morgan fingerprint density at radius 1 is 1.21 bits per heavy atom. The van der Waals surface area contributed by atoms with Crippen molar-refractivity contribution < 1.29 is 4.79 Å². The molecule has 1 aromatic carbocycles. The number of piperidine rings is 1. The summed E-state index contributed by atoms with van der Waals surface area (Å²) in [6.45, 7) is 3.43. The highest BCUT2D eigenvalue weighted by atomic mass is 16.2. The molecule has 0 spiro atoms. The second-order valence-electron chi connectivity index (χ2n) is 7.78. The molecule has 1 aliphatic heterocycles. The summed E-state index contributed by atoms with van der Waals surface area (Å²) in [6.07, 6.45) is 7.78.